The van der Waals surface area contributed by atoms with Gasteiger partial charge in [0.25, 0.3) is 0 Å². The lowest BCUT2D eigenvalue weighted by Gasteiger charge is -2.38. The van der Waals surface area contributed by atoms with E-state index in [1.54, 1.807) is 0 Å². The summed E-state index contributed by atoms with van der Waals surface area (Å²) < 4.78 is 10.8. The first-order chi connectivity index (χ1) is 9.77. The van der Waals surface area contributed by atoms with E-state index in [1.165, 1.54) is 20.0 Å². The number of methoxy groups -OCH3 is 1. The van der Waals surface area contributed by atoms with Crippen molar-refractivity contribution in [1.29, 1.82) is 0 Å². The second-order valence-corrected chi connectivity index (χ2v) is 5.32. The van der Waals surface area contributed by atoms with Gasteiger partial charge in [-0.05, 0) is 25.7 Å². The van der Waals surface area contributed by atoms with Gasteiger partial charge in [0.15, 0.2) is 0 Å². The van der Waals surface area contributed by atoms with Crippen LogP contribution in [-0.4, -0.2) is 37.4 Å². The summed E-state index contributed by atoms with van der Waals surface area (Å²) in [5.41, 5.74) is 1.98. The lowest BCUT2D eigenvalue weighted by molar-refractivity contribution is -0.137. The standard InChI is InChI=1S/C16H25NO3/c1-3-4-5-8-14-13(16(18)19-2)9-10-15-17(14)11-6-7-12-20-15/h6-7,15H,3-5,8-12H2,1-2H3. The highest BCUT2D eigenvalue weighted by Crippen LogP contribution is 2.32. The second kappa shape index (κ2) is 7.48. The van der Waals surface area contributed by atoms with Crippen LogP contribution in [0.1, 0.15) is 45.4 Å². The van der Waals surface area contributed by atoms with Crippen LogP contribution in [-0.2, 0) is 14.3 Å². The van der Waals surface area contributed by atoms with E-state index in [-0.39, 0.29) is 12.2 Å². The van der Waals surface area contributed by atoms with Gasteiger partial charge < -0.3 is 14.4 Å². The highest BCUT2D eigenvalue weighted by molar-refractivity contribution is 5.89. The maximum Gasteiger partial charge on any atom is 0.335 e. The highest BCUT2D eigenvalue weighted by Gasteiger charge is 2.31. The fraction of sp³-hybridized carbons (Fsp3) is 0.688. The van der Waals surface area contributed by atoms with Crippen LogP contribution in [0.3, 0.4) is 0 Å². The van der Waals surface area contributed by atoms with Crippen molar-refractivity contribution in [2.75, 3.05) is 20.3 Å². The first kappa shape index (κ1) is 15.1. The molecule has 0 fully saturated rings. The van der Waals surface area contributed by atoms with Crippen molar-refractivity contribution < 1.29 is 14.3 Å². The Balaban J connectivity index is 2.22. The zero-order valence-corrected chi connectivity index (χ0v) is 12.6. The van der Waals surface area contributed by atoms with Gasteiger partial charge in [0.1, 0.15) is 6.23 Å². The average molecular weight is 279 g/mol. The molecule has 2 aliphatic rings. The summed E-state index contributed by atoms with van der Waals surface area (Å²) in [4.78, 5) is 14.2. The summed E-state index contributed by atoms with van der Waals surface area (Å²) in [6.07, 6.45) is 10.3. The summed E-state index contributed by atoms with van der Waals surface area (Å²) in [5.74, 6) is -0.178. The molecule has 0 radical (unpaired) electrons. The first-order valence-electron chi connectivity index (χ1n) is 7.61. The van der Waals surface area contributed by atoms with Crippen molar-refractivity contribution in [3.63, 3.8) is 0 Å². The van der Waals surface area contributed by atoms with Crippen molar-refractivity contribution >= 4 is 5.97 Å². The topological polar surface area (TPSA) is 38.8 Å². The van der Waals surface area contributed by atoms with Crippen LogP contribution < -0.4 is 0 Å². The van der Waals surface area contributed by atoms with E-state index in [1.807, 2.05) is 0 Å². The number of esters is 1. The maximum atomic E-state index is 12.0. The number of rotatable bonds is 5. The van der Waals surface area contributed by atoms with Crippen LogP contribution in [0, 0.1) is 0 Å². The van der Waals surface area contributed by atoms with E-state index in [0.717, 1.165) is 43.5 Å². The molecule has 0 aromatic carbocycles. The molecule has 2 rings (SSSR count). The van der Waals surface area contributed by atoms with Gasteiger partial charge in [0, 0.05) is 12.2 Å². The Hall–Kier alpha value is -1.29. The monoisotopic (exact) mass is 279 g/mol. The first-order valence-corrected chi connectivity index (χ1v) is 7.61. The average Bonchev–Trinajstić information content (AvgIpc) is 2.72. The van der Waals surface area contributed by atoms with Gasteiger partial charge in [-0.3, -0.25) is 0 Å². The molecule has 0 aromatic heterocycles. The molecule has 2 aliphatic heterocycles. The van der Waals surface area contributed by atoms with Gasteiger partial charge >= 0.3 is 5.97 Å². The lowest BCUT2D eigenvalue weighted by atomic mass is 9.97. The molecule has 0 aliphatic carbocycles. The van der Waals surface area contributed by atoms with E-state index >= 15 is 0 Å². The van der Waals surface area contributed by atoms with E-state index in [9.17, 15) is 4.79 Å². The molecule has 1 atom stereocenters. The number of hydrogen-bond donors (Lipinski definition) is 0. The molecule has 0 aromatic rings. The Labute approximate surface area is 121 Å². The van der Waals surface area contributed by atoms with Gasteiger partial charge in [0.2, 0.25) is 0 Å². The van der Waals surface area contributed by atoms with Gasteiger partial charge in [0.05, 0.1) is 19.3 Å². The third-order valence-electron chi connectivity index (χ3n) is 3.99. The number of carbonyl (C=O) groups excluding carboxylic acids is 1. The number of nitrogens with zero attached hydrogens (tertiary/aromatic N) is 1. The van der Waals surface area contributed by atoms with E-state index in [0.29, 0.717) is 6.61 Å². The molecule has 0 spiro atoms. The zero-order chi connectivity index (χ0) is 14.4. The molecule has 1 unspecified atom stereocenters. The van der Waals surface area contributed by atoms with Gasteiger partial charge in [-0.1, -0.05) is 31.9 Å². The molecule has 0 bridgehead atoms. The predicted molar refractivity (Wildman–Crippen MR) is 78.0 cm³/mol. The van der Waals surface area contributed by atoms with E-state index in [4.69, 9.17) is 9.47 Å². The molecule has 2 heterocycles. The van der Waals surface area contributed by atoms with Gasteiger partial charge in [-0.15, -0.1) is 0 Å². The highest BCUT2D eigenvalue weighted by atomic mass is 16.5. The van der Waals surface area contributed by atoms with Crippen LogP contribution in [0.4, 0.5) is 0 Å². The number of fused-ring (bicyclic) bond motifs is 1. The van der Waals surface area contributed by atoms with Crippen LogP contribution >= 0.6 is 0 Å². The Morgan fingerprint density at radius 3 is 3.05 bits per heavy atom. The lowest BCUT2D eigenvalue weighted by Crippen LogP contribution is -2.40. The minimum absolute atomic E-state index is 0.107. The smallest absolute Gasteiger partial charge is 0.335 e. The number of ether oxygens (including phenoxy) is 2. The quantitative estimate of drug-likeness (QED) is 0.440. The van der Waals surface area contributed by atoms with Crippen LogP contribution in [0.15, 0.2) is 23.4 Å². The maximum absolute atomic E-state index is 12.0. The Morgan fingerprint density at radius 1 is 1.45 bits per heavy atom. The summed E-state index contributed by atoms with van der Waals surface area (Å²) in [7, 11) is 1.46. The van der Waals surface area contributed by atoms with Crippen molar-refractivity contribution in [1.82, 2.24) is 4.90 Å². The van der Waals surface area contributed by atoms with Crippen LogP contribution in [0.25, 0.3) is 0 Å². The van der Waals surface area contributed by atoms with Crippen molar-refractivity contribution in [2.24, 2.45) is 0 Å². The summed E-state index contributed by atoms with van der Waals surface area (Å²) in [6, 6.07) is 0. The molecule has 4 nitrogen and oxygen atoms in total. The van der Waals surface area contributed by atoms with Crippen molar-refractivity contribution in [3.05, 3.63) is 23.4 Å². The number of hydrogen-bond acceptors (Lipinski definition) is 4. The molecule has 20 heavy (non-hydrogen) atoms. The third-order valence-corrected chi connectivity index (χ3v) is 3.99. The molecular weight excluding hydrogens is 254 g/mol. The third kappa shape index (κ3) is 3.42. The largest absolute Gasteiger partial charge is 0.466 e. The molecule has 0 N–H and O–H groups in total. The van der Waals surface area contributed by atoms with E-state index in [2.05, 4.69) is 24.0 Å². The summed E-state index contributed by atoms with van der Waals surface area (Å²) in [6.45, 7) is 3.68. The SMILES string of the molecule is CCCCCC1=C(C(=O)OC)CCC2OCC=CCN12. The number of unbranched alkanes of at least 4 members (excludes halogenated alkanes) is 2. The summed E-state index contributed by atoms with van der Waals surface area (Å²) in [5, 5.41) is 0. The normalized spacial score (nSPS) is 22.5. The minimum Gasteiger partial charge on any atom is -0.466 e. The predicted octanol–water partition coefficient (Wildman–Crippen LogP) is 3.00. The second-order valence-electron chi connectivity index (χ2n) is 5.32. The molecule has 0 amide bonds. The minimum atomic E-state index is -0.178. The van der Waals surface area contributed by atoms with E-state index < -0.39 is 0 Å². The van der Waals surface area contributed by atoms with Gasteiger partial charge in [-0.2, -0.15) is 0 Å². The number of carbonyl (C=O) groups is 1. The molecule has 0 saturated heterocycles. The molecule has 0 saturated carbocycles. The Morgan fingerprint density at radius 2 is 2.30 bits per heavy atom. The van der Waals surface area contributed by atoms with Crippen LogP contribution in [0.2, 0.25) is 0 Å². The molecule has 112 valence electrons. The van der Waals surface area contributed by atoms with Gasteiger partial charge in [-0.25, -0.2) is 4.79 Å². The zero-order valence-electron chi connectivity index (χ0n) is 12.6. The van der Waals surface area contributed by atoms with Crippen LogP contribution in [0.5, 0.6) is 0 Å². The molecule has 4 heteroatoms. The van der Waals surface area contributed by atoms with Crippen molar-refractivity contribution in [2.45, 2.75) is 51.7 Å². The Bertz CT molecular complexity index is 401. The fourth-order valence-corrected chi connectivity index (χ4v) is 2.92. The summed E-state index contributed by atoms with van der Waals surface area (Å²) >= 11 is 0. The molecular formula is C16H25NO3. The number of allylic oxidation sites excluding steroid dienone is 1. The van der Waals surface area contributed by atoms with Crippen molar-refractivity contribution in [3.8, 4) is 0 Å². The Kier molecular flexibility index (Phi) is 5.65. The fourth-order valence-electron chi connectivity index (χ4n) is 2.92.